The molecule has 0 saturated heterocycles. The van der Waals surface area contributed by atoms with E-state index in [0.29, 0.717) is 24.0 Å². The number of halogens is 1. The largest absolute Gasteiger partial charge is 0.495 e. The molecule has 1 aliphatic rings. The average molecular weight is 561 g/mol. The third-order valence-corrected chi connectivity index (χ3v) is 8.63. The highest BCUT2D eigenvalue weighted by atomic mass is 35.5. The highest BCUT2D eigenvalue weighted by molar-refractivity contribution is 7.89. The van der Waals surface area contributed by atoms with E-state index in [0.717, 1.165) is 35.7 Å². The highest BCUT2D eigenvalue weighted by Gasteiger charge is 2.22. The smallest absolute Gasteiger partial charge is 0.244 e. The van der Waals surface area contributed by atoms with Gasteiger partial charge in [0.2, 0.25) is 16.0 Å². The van der Waals surface area contributed by atoms with Crippen LogP contribution in [-0.4, -0.2) is 68.2 Å². The lowest BCUT2D eigenvalue weighted by Crippen LogP contribution is -2.31. The van der Waals surface area contributed by atoms with Crippen molar-refractivity contribution in [2.24, 2.45) is 0 Å². The monoisotopic (exact) mass is 560 g/mol. The molecule has 3 aromatic rings. The second kappa shape index (κ2) is 12.3. The average Bonchev–Trinajstić information content (AvgIpc) is 3.10. The highest BCUT2D eigenvalue weighted by Crippen LogP contribution is 2.35. The zero-order valence-corrected chi connectivity index (χ0v) is 23.2. The molecule has 0 bridgehead atoms. The number of rotatable bonds is 10. The van der Waals surface area contributed by atoms with Gasteiger partial charge in [0.15, 0.2) is 5.82 Å². The maximum absolute atomic E-state index is 12.8. The molecule has 4 N–H and O–H groups in total. The SMILES string of the molecule is COc1cc2c(cc1Nc1ncc(Cl)c(Nc3ccccc3S(=O)(=O)N(C)C)n1)CCC(NCCO)CC2. The Labute approximate surface area is 228 Å². The van der Waals surface area contributed by atoms with Gasteiger partial charge < -0.3 is 25.8 Å². The third-order valence-electron chi connectivity index (χ3n) is 6.48. The van der Waals surface area contributed by atoms with Crippen molar-refractivity contribution >= 4 is 44.8 Å². The normalized spacial score (nSPS) is 15.6. The molecule has 12 heteroatoms. The summed E-state index contributed by atoms with van der Waals surface area (Å²) in [5.41, 5.74) is 3.52. The van der Waals surface area contributed by atoms with Gasteiger partial charge >= 0.3 is 0 Å². The molecule has 1 aliphatic carbocycles. The number of hydrogen-bond donors (Lipinski definition) is 4. The Bertz CT molecular complexity index is 1390. The van der Waals surface area contributed by atoms with Crippen molar-refractivity contribution in [2.75, 3.05) is 45.0 Å². The van der Waals surface area contributed by atoms with Gasteiger partial charge in [-0.3, -0.25) is 0 Å². The molecule has 0 fully saturated rings. The van der Waals surface area contributed by atoms with Crippen molar-refractivity contribution < 1.29 is 18.3 Å². The molecule has 204 valence electrons. The minimum atomic E-state index is -3.69. The van der Waals surface area contributed by atoms with Crippen LogP contribution in [0.2, 0.25) is 5.02 Å². The number of aliphatic hydroxyl groups excluding tert-OH is 1. The molecule has 1 heterocycles. The molecule has 0 saturated carbocycles. The van der Waals surface area contributed by atoms with Gasteiger partial charge in [0, 0.05) is 26.7 Å². The molecular formula is C26H33ClN6O4S. The number of para-hydroxylation sites is 1. The summed E-state index contributed by atoms with van der Waals surface area (Å²) in [6, 6.07) is 11.0. The minimum Gasteiger partial charge on any atom is -0.495 e. The van der Waals surface area contributed by atoms with Gasteiger partial charge in [0.25, 0.3) is 0 Å². The lowest BCUT2D eigenvalue weighted by atomic mass is 10.0. The first-order chi connectivity index (χ1) is 18.2. The predicted molar refractivity (Wildman–Crippen MR) is 149 cm³/mol. The second-order valence-corrected chi connectivity index (χ2v) is 11.7. The van der Waals surface area contributed by atoms with Crippen LogP contribution in [0.5, 0.6) is 5.75 Å². The molecule has 0 aliphatic heterocycles. The summed E-state index contributed by atoms with van der Waals surface area (Å²) < 4.78 is 32.4. The first kappa shape index (κ1) is 28.1. The number of hydrogen-bond acceptors (Lipinski definition) is 9. The number of sulfonamides is 1. The van der Waals surface area contributed by atoms with Gasteiger partial charge in [-0.05, 0) is 61.1 Å². The first-order valence-corrected chi connectivity index (χ1v) is 14.2. The van der Waals surface area contributed by atoms with E-state index in [9.17, 15) is 8.42 Å². The Kier molecular flexibility index (Phi) is 9.06. The second-order valence-electron chi connectivity index (χ2n) is 9.20. The number of aromatic nitrogens is 2. The molecule has 0 spiro atoms. The topological polar surface area (TPSA) is 129 Å². The summed E-state index contributed by atoms with van der Waals surface area (Å²) in [7, 11) is 0.880. The lowest BCUT2D eigenvalue weighted by Gasteiger charge is -2.17. The van der Waals surface area contributed by atoms with E-state index in [1.54, 1.807) is 25.3 Å². The van der Waals surface area contributed by atoms with E-state index in [1.807, 2.05) is 6.07 Å². The number of fused-ring (bicyclic) bond motifs is 1. The Morgan fingerprint density at radius 2 is 1.82 bits per heavy atom. The number of anilines is 4. The Morgan fingerprint density at radius 1 is 1.11 bits per heavy atom. The van der Waals surface area contributed by atoms with E-state index in [2.05, 4.69) is 32.0 Å². The Balaban J connectivity index is 1.60. The maximum Gasteiger partial charge on any atom is 0.244 e. The van der Waals surface area contributed by atoms with Crippen LogP contribution in [0.4, 0.5) is 23.1 Å². The van der Waals surface area contributed by atoms with Crippen LogP contribution < -0.4 is 20.7 Å². The fourth-order valence-corrected chi connectivity index (χ4v) is 5.61. The van der Waals surface area contributed by atoms with Crippen LogP contribution in [0, 0.1) is 0 Å². The molecule has 4 rings (SSSR count). The van der Waals surface area contributed by atoms with E-state index < -0.39 is 10.0 Å². The van der Waals surface area contributed by atoms with Crippen LogP contribution in [0.1, 0.15) is 24.0 Å². The molecule has 0 radical (unpaired) electrons. The van der Waals surface area contributed by atoms with Crippen LogP contribution >= 0.6 is 11.6 Å². The molecule has 1 unspecified atom stereocenters. The van der Waals surface area contributed by atoms with Gasteiger partial charge in [-0.1, -0.05) is 23.7 Å². The van der Waals surface area contributed by atoms with Crippen LogP contribution in [-0.2, 0) is 22.9 Å². The van der Waals surface area contributed by atoms with Crippen molar-refractivity contribution in [3.05, 3.63) is 58.7 Å². The zero-order chi connectivity index (χ0) is 27.3. The van der Waals surface area contributed by atoms with Gasteiger partial charge in [0.05, 0.1) is 31.3 Å². The van der Waals surface area contributed by atoms with Gasteiger partial charge in [0.1, 0.15) is 15.7 Å². The molecule has 2 aromatic carbocycles. The summed E-state index contributed by atoms with van der Waals surface area (Å²) >= 11 is 6.38. The van der Waals surface area contributed by atoms with Gasteiger partial charge in [-0.2, -0.15) is 4.98 Å². The van der Waals surface area contributed by atoms with Gasteiger partial charge in [-0.25, -0.2) is 17.7 Å². The number of benzene rings is 2. The lowest BCUT2D eigenvalue weighted by molar-refractivity contribution is 0.280. The molecule has 1 aromatic heterocycles. The molecule has 38 heavy (non-hydrogen) atoms. The molecule has 10 nitrogen and oxygen atoms in total. The van der Waals surface area contributed by atoms with Crippen molar-refractivity contribution in [1.29, 1.82) is 0 Å². The molecule has 0 amide bonds. The maximum atomic E-state index is 12.8. The standard InChI is InChI=1S/C26H33ClN6O4S/c1-33(2)38(35,36)24-7-5-4-6-21(24)30-25-20(27)16-29-26(32-25)31-22-14-17-8-10-19(28-12-13-34)11-9-18(17)15-23(22)37-3/h4-7,14-16,19,28,34H,8-13H2,1-3H3,(H2,29,30,31,32). The number of aryl methyl sites for hydroxylation is 2. The van der Waals surface area contributed by atoms with Crippen molar-refractivity contribution in [1.82, 2.24) is 19.6 Å². The fourth-order valence-electron chi connectivity index (χ4n) is 4.43. The summed E-state index contributed by atoms with van der Waals surface area (Å²) in [5.74, 6) is 1.21. The third kappa shape index (κ3) is 6.36. The van der Waals surface area contributed by atoms with E-state index in [1.165, 1.54) is 37.5 Å². The zero-order valence-electron chi connectivity index (χ0n) is 21.7. The minimum absolute atomic E-state index is 0.105. The Hall–Kier alpha value is -2.96. The summed E-state index contributed by atoms with van der Waals surface area (Å²) in [6.45, 7) is 0.716. The number of nitrogens with one attached hydrogen (secondary N) is 3. The number of methoxy groups -OCH3 is 1. The summed E-state index contributed by atoms with van der Waals surface area (Å²) in [4.78, 5) is 8.94. The first-order valence-electron chi connectivity index (χ1n) is 12.3. The number of nitrogens with zero attached hydrogens (tertiary/aromatic N) is 3. The van der Waals surface area contributed by atoms with E-state index in [4.69, 9.17) is 21.4 Å². The summed E-state index contributed by atoms with van der Waals surface area (Å²) in [6.07, 6.45) is 5.22. The van der Waals surface area contributed by atoms with E-state index in [-0.39, 0.29) is 28.3 Å². The predicted octanol–water partition coefficient (Wildman–Crippen LogP) is 3.71. The quantitative estimate of drug-likeness (QED) is 0.274. The van der Waals surface area contributed by atoms with Crippen LogP contribution in [0.3, 0.4) is 0 Å². The van der Waals surface area contributed by atoms with Crippen molar-refractivity contribution in [3.8, 4) is 5.75 Å². The number of ether oxygens (including phenoxy) is 1. The van der Waals surface area contributed by atoms with Crippen LogP contribution in [0.25, 0.3) is 0 Å². The Morgan fingerprint density at radius 3 is 2.50 bits per heavy atom. The number of aliphatic hydroxyl groups is 1. The van der Waals surface area contributed by atoms with Gasteiger partial charge in [-0.15, -0.1) is 0 Å². The van der Waals surface area contributed by atoms with Crippen molar-refractivity contribution in [2.45, 2.75) is 36.6 Å². The van der Waals surface area contributed by atoms with E-state index >= 15 is 0 Å². The summed E-state index contributed by atoms with van der Waals surface area (Å²) in [5, 5.41) is 19.1. The van der Waals surface area contributed by atoms with Crippen molar-refractivity contribution in [3.63, 3.8) is 0 Å². The fraction of sp³-hybridized carbons (Fsp3) is 0.385. The molecule has 1 atom stereocenters. The van der Waals surface area contributed by atoms with Crippen LogP contribution in [0.15, 0.2) is 47.5 Å². The molecular weight excluding hydrogens is 528 g/mol.